The molecule has 0 aliphatic carbocycles. The molecule has 1 aromatic carbocycles. The van der Waals surface area contributed by atoms with Crippen LogP contribution in [0.15, 0.2) is 24.3 Å². The highest BCUT2D eigenvalue weighted by molar-refractivity contribution is 5.88. The van der Waals surface area contributed by atoms with Gasteiger partial charge in [0.1, 0.15) is 6.07 Å². The standard InChI is InChI=1S/C13H14N2/c1-3-12-11(9-14)10-7-5-6-8-13(10)15(12)4-2/h5-8H,3-4H2,1-2H3. The molecular formula is C13H14N2. The molecule has 2 rings (SSSR count). The van der Waals surface area contributed by atoms with Gasteiger partial charge in [-0.2, -0.15) is 5.26 Å². The molecule has 76 valence electrons. The first-order valence-electron chi connectivity index (χ1n) is 5.33. The number of hydrogen-bond acceptors (Lipinski definition) is 1. The molecule has 0 saturated carbocycles. The van der Waals surface area contributed by atoms with Crippen LogP contribution in [-0.4, -0.2) is 4.57 Å². The summed E-state index contributed by atoms with van der Waals surface area (Å²) in [7, 11) is 0. The van der Waals surface area contributed by atoms with E-state index in [0.29, 0.717) is 0 Å². The SMILES string of the molecule is CCc1c(C#N)c2ccccc2n1CC. The number of nitriles is 1. The zero-order chi connectivity index (χ0) is 10.8. The average molecular weight is 198 g/mol. The fraction of sp³-hybridized carbons (Fsp3) is 0.308. The zero-order valence-corrected chi connectivity index (χ0v) is 9.12. The monoisotopic (exact) mass is 198 g/mol. The second-order valence-corrected chi connectivity index (χ2v) is 3.55. The molecular weight excluding hydrogens is 184 g/mol. The van der Waals surface area contributed by atoms with Gasteiger partial charge < -0.3 is 4.57 Å². The van der Waals surface area contributed by atoms with Gasteiger partial charge in [0, 0.05) is 23.1 Å². The van der Waals surface area contributed by atoms with Gasteiger partial charge in [0.25, 0.3) is 0 Å². The van der Waals surface area contributed by atoms with Crippen LogP contribution >= 0.6 is 0 Å². The van der Waals surface area contributed by atoms with Crippen molar-refractivity contribution < 1.29 is 0 Å². The van der Waals surface area contributed by atoms with Crippen molar-refractivity contribution in [3.05, 3.63) is 35.5 Å². The van der Waals surface area contributed by atoms with Gasteiger partial charge >= 0.3 is 0 Å². The molecule has 0 amide bonds. The third-order valence-corrected chi connectivity index (χ3v) is 2.84. The van der Waals surface area contributed by atoms with Crippen LogP contribution < -0.4 is 0 Å². The van der Waals surface area contributed by atoms with Gasteiger partial charge in [-0.3, -0.25) is 0 Å². The van der Waals surface area contributed by atoms with E-state index in [1.54, 1.807) is 0 Å². The molecule has 2 aromatic rings. The molecule has 0 aliphatic heterocycles. The molecule has 0 bridgehead atoms. The molecule has 0 unspecified atom stereocenters. The molecule has 0 fully saturated rings. The summed E-state index contributed by atoms with van der Waals surface area (Å²) in [6.45, 7) is 5.14. The van der Waals surface area contributed by atoms with Gasteiger partial charge in [0.15, 0.2) is 0 Å². The number of aryl methyl sites for hydroxylation is 1. The Morgan fingerprint density at radius 2 is 2.00 bits per heavy atom. The molecule has 0 spiro atoms. The molecule has 0 atom stereocenters. The summed E-state index contributed by atoms with van der Waals surface area (Å²) in [5, 5.41) is 10.3. The maximum Gasteiger partial charge on any atom is 0.102 e. The van der Waals surface area contributed by atoms with Crippen molar-refractivity contribution in [2.45, 2.75) is 26.8 Å². The van der Waals surface area contributed by atoms with Gasteiger partial charge in [0.05, 0.1) is 5.56 Å². The Labute approximate surface area is 89.7 Å². The number of hydrogen-bond donors (Lipinski definition) is 0. The minimum atomic E-state index is 0.843. The average Bonchev–Trinajstić information content (AvgIpc) is 2.61. The van der Waals surface area contributed by atoms with Gasteiger partial charge in [-0.25, -0.2) is 0 Å². The first kappa shape index (κ1) is 9.79. The first-order chi connectivity index (χ1) is 7.33. The maximum absolute atomic E-state index is 9.19. The Morgan fingerprint density at radius 3 is 2.60 bits per heavy atom. The molecule has 0 saturated heterocycles. The van der Waals surface area contributed by atoms with Crippen molar-refractivity contribution in [3.63, 3.8) is 0 Å². The number of para-hydroxylation sites is 1. The van der Waals surface area contributed by atoms with Crippen LogP contribution in [0.2, 0.25) is 0 Å². The Hall–Kier alpha value is -1.75. The van der Waals surface area contributed by atoms with E-state index >= 15 is 0 Å². The van der Waals surface area contributed by atoms with Crippen LogP contribution in [0.3, 0.4) is 0 Å². The van der Waals surface area contributed by atoms with E-state index in [0.717, 1.165) is 29.6 Å². The minimum absolute atomic E-state index is 0.843. The molecule has 0 aliphatic rings. The number of rotatable bonds is 2. The van der Waals surface area contributed by atoms with Gasteiger partial charge in [0.2, 0.25) is 0 Å². The Kier molecular flexibility index (Phi) is 2.47. The lowest BCUT2D eigenvalue weighted by Gasteiger charge is -2.05. The number of nitrogens with zero attached hydrogens (tertiary/aromatic N) is 2. The second kappa shape index (κ2) is 3.78. The molecule has 1 heterocycles. The Bertz CT molecular complexity index is 529. The highest BCUT2D eigenvalue weighted by atomic mass is 15.0. The highest BCUT2D eigenvalue weighted by Gasteiger charge is 2.13. The van der Waals surface area contributed by atoms with E-state index in [4.69, 9.17) is 0 Å². The quantitative estimate of drug-likeness (QED) is 0.729. The Morgan fingerprint density at radius 1 is 1.27 bits per heavy atom. The lowest BCUT2D eigenvalue weighted by Crippen LogP contribution is -1.99. The summed E-state index contributed by atoms with van der Waals surface area (Å²) in [6.07, 6.45) is 0.908. The number of aromatic nitrogens is 1. The normalized spacial score (nSPS) is 10.5. The van der Waals surface area contributed by atoms with Gasteiger partial charge in [-0.1, -0.05) is 25.1 Å². The zero-order valence-electron chi connectivity index (χ0n) is 9.12. The van der Waals surface area contributed by atoms with Crippen molar-refractivity contribution in [1.29, 1.82) is 5.26 Å². The fourth-order valence-corrected chi connectivity index (χ4v) is 2.21. The topological polar surface area (TPSA) is 28.7 Å². The molecule has 0 radical (unpaired) electrons. The molecule has 0 N–H and O–H groups in total. The van der Waals surface area contributed by atoms with Crippen LogP contribution in [0.5, 0.6) is 0 Å². The van der Waals surface area contributed by atoms with E-state index in [-0.39, 0.29) is 0 Å². The number of fused-ring (bicyclic) bond motifs is 1. The van der Waals surface area contributed by atoms with Crippen LogP contribution in [0.25, 0.3) is 10.9 Å². The van der Waals surface area contributed by atoms with E-state index in [1.165, 1.54) is 5.52 Å². The summed E-state index contributed by atoms with van der Waals surface area (Å²) in [4.78, 5) is 0. The van der Waals surface area contributed by atoms with E-state index in [1.807, 2.05) is 18.2 Å². The molecule has 1 aromatic heterocycles. The minimum Gasteiger partial charge on any atom is -0.344 e. The van der Waals surface area contributed by atoms with Crippen LogP contribution in [0.4, 0.5) is 0 Å². The smallest absolute Gasteiger partial charge is 0.102 e. The second-order valence-electron chi connectivity index (χ2n) is 3.55. The van der Waals surface area contributed by atoms with Crippen molar-refractivity contribution in [2.75, 3.05) is 0 Å². The molecule has 15 heavy (non-hydrogen) atoms. The van der Waals surface area contributed by atoms with Crippen molar-refractivity contribution >= 4 is 10.9 Å². The summed E-state index contributed by atoms with van der Waals surface area (Å²) in [5.41, 5.74) is 3.17. The first-order valence-corrected chi connectivity index (χ1v) is 5.33. The van der Waals surface area contributed by atoms with Crippen LogP contribution in [0.1, 0.15) is 25.1 Å². The van der Waals surface area contributed by atoms with Crippen LogP contribution in [-0.2, 0) is 13.0 Å². The summed E-state index contributed by atoms with van der Waals surface area (Å²) < 4.78 is 2.23. The predicted octanol–water partition coefficient (Wildman–Crippen LogP) is 3.10. The highest BCUT2D eigenvalue weighted by Crippen LogP contribution is 2.25. The fourth-order valence-electron chi connectivity index (χ4n) is 2.21. The maximum atomic E-state index is 9.19. The lowest BCUT2D eigenvalue weighted by atomic mass is 10.1. The summed E-state index contributed by atoms with van der Waals surface area (Å²) in [6, 6.07) is 10.4. The van der Waals surface area contributed by atoms with Gasteiger partial charge in [-0.05, 0) is 19.4 Å². The Balaban J connectivity index is 2.90. The third-order valence-electron chi connectivity index (χ3n) is 2.84. The van der Waals surface area contributed by atoms with E-state index < -0.39 is 0 Å². The van der Waals surface area contributed by atoms with Crippen LogP contribution in [0, 0.1) is 11.3 Å². The van der Waals surface area contributed by atoms with Crippen molar-refractivity contribution in [1.82, 2.24) is 4.57 Å². The number of benzene rings is 1. The van der Waals surface area contributed by atoms with E-state index in [9.17, 15) is 5.26 Å². The third kappa shape index (κ3) is 1.32. The van der Waals surface area contributed by atoms with Crippen molar-refractivity contribution in [3.8, 4) is 6.07 Å². The summed E-state index contributed by atoms with van der Waals surface area (Å²) >= 11 is 0. The molecule has 2 nitrogen and oxygen atoms in total. The molecule has 2 heteroatoms. The van der Waals surface area contributed by atoms with E-state index in [2.05, 4.69) is 30.6 Å². The van der Waals surface area contributed by atoms with Crippen molar-refractivity contribution in [2.24, 2.45) is 0 Å². The predicted molar refractivity (Wildman–Crippen MR) is 61.7 cm³/mol. The summed E-state index contributed by atoms with van der Waals surface area (Å²) in [5.74, 6) is 0. The van der Waals surface area contributed by atoms with Gasteiger partial charge in [-0.15, -0.1) is 0 Å². The largest absolute Gasteiger partial charge is 0.344 e. The lowest BCUT2D eigenvalue weighted by molar-refractivity contribution is 0.744.